The smallest absolute Gasteiger partial charge is 0.370 e. The van der Waals surface area contributed by atoms with Gasteiger partial charge >= 0.3 is 11.9 Å². The Morgan fingerprint density at radius 1 is 1.00 bits per heavy atom. The third-order valence-corrected chi connectivity index (χ3v) is 11.5. The summed E-state index contributed by atoms with van der Waals surface area (Å²) in [6.07, 6.45) is 17.0. The maximum Gasteiger partial charge on any atom is 0.370 e. The molecule has 0 bridgehead atoms. The number of carboxylic acids is 2. The van der Waals surface area contributed by atoms with E-state index in [-0.39, 0.29) is 13.1 Å². The normalized spacial score (nSPS) is 20.0. The van der Waals surface area contributed by atoms with E-state index in [0.29, 0.717) is 5.92 Å². The van der Waals surface area contributed by atoms with Gasteiger partial charge in [-0.2, -0.15) is 4.57 Å². The first kappa shape index (κ1) is 29.2. The minimum Gasteiger partial charge on any atom is -0.480 e. The molecule has 1 unspecified atom stereocenters. The van der Waals surface area contributed by atoms with Crippen LogP contribution in [0.25, 0.3) is 16.3 Å². The lowest BCUT2D eigenvalue weighted by Gasteiger charge is -2.28. The SMILES string of the molecule is CSc1ccc2c(c1)N(CC(=O)O)/C(=C/C1=CC3=C/C(=C/c4sc5ccc(SC)cc5[n+]4CC(=O)O)CCC3CC1)S2. The van der Waals surface area contributed by atoms with Gasteiger partial charge in [0, 0.05) is 26.8 Å². The fourth-order valence-electron chi connectivity index (χ4n) is 5.78. The molecule has 0 saturated heterocycles. The van der Waals surface area contributed by atoms with Gasteiger partial charge in [-0.15, -0.1) is 23.5 Å². The van der Waals surface area contributed by atoms with E-state index in [1.807, 2.05) is 22.0 Å². The van der Waals surface area contributed by atoms with Crippen molar-refractivity contribution in [3.8, 4) is 0 Å². The Labute approximate surface area is 261 Å². The first-order chi connectivity index (χ1) is 20.3. The third-order valence-electron chi connectivity index (χ3n) is 7.82. The van der Waals surface area contributed by atoms with Crippen LogP contribution >= 0.6 is 46.6 Å². The van der Waals surface area contributed by atoms with Crippen LogP contribution in [0.4, 0.5) is 5.69 Å². The molecule has 216 valence electrons. The first-order valence-electron chi connectivity index (χ1n) is 13.7. The van der Waals surface area contributed by atoms with Crippen LogP contribution in [0.15, 0.2) is 91.1 Å². The molecule has 6 nitrogen and oxygen atoms in total. The van der Waals surface area contributed by atoms with Crippen molar-refractivity contribution >= 4 is 80.5 Å². The van der Waals surface area contributed by atoms with Gasteiger partial charge in [0.2, 0.25) is 12.1 Å². The predicted molar refractivity (Wildman–Crippen MR) is 175 cm³/mol. The highest BCUT2D eigenvalue weighted by atomic mass is 32.2. The number of allylic oxidation sites excluding steroid dienone is 6. The maximum absolute atomic E-state index is 11.8. The van der Waals surface area contributed by atoms with Crippen molar-refractivity contribution in [2.24, 2.45) is 5.92 Å². The molecule has 1 aliphatic heterocycles. The Kier molecular flexibility index (Phi) is 8.58. The average molecular weight is 636 g/mol. The summed E-state index contributed by atoms with van der Waals surface area (Å²) < 4.78 is 3.00. The number of thiazole rings is 1. The number of hydrogen-bond donors (Lipinski definition) is 2. The summed E-state index contributed by atoms with van der Waals surface area (Å²) in [6.45, 7) is -0.141. The van der Waals surface area contributed by atoms with Crippen LogP contribution in [0.3, 0.4) is 0 Å². The lowest BCUT2D eigenvalue weighted by Crippen LogP contribution is -2.39. The summed E-state index contributed by atoms with van der Waals surface area (Å²) in [6, 6.07) is 12.5. The molecular weight excluding hydrogens is 605 g/mol. The van der Waals surface area contributed by atoms with Gasteiger partial charge in [0.05, 0.1) is 10.7 Å². The Morgan fingerprint density at radius 3 is 2.52 bits per heavy atom. The van der Waals surface area contributed by atoms with Crippen molar-refractivity contribution in [1.29, 1.82) is 0 Å². The van der Waals surface area contributed by atoms with Gasteiger partial charge in [0.1, 0.15) is 11.2 Å². The van der Waals surface area contributed by atoms with Crippen molar-refractivity contribution in [3.63, 3.8) is 0 Å². The van der Waals surface area contributed by atoms with E-state index in [0.717, 1.165) is 66.3 Å². The molecule has 3 aliphatic rings. The summed E-state index contributed by atoms with van der Waals surface area (Å²) in [5, 5.41) is 21.2. The van der Waals surface area contributed by atoms with Gasteiger partial charge in [-0.3, -0.25) is 4.79 Å². The zero-order chi connectivity index (χ0) is 29.4. The van der Waals surface area contributed by atoms with Crippen molar-refractivity contribution in [2.75, 3.05) is 24.0 Å². The highest BCUT2D eigenvalue weighted by Crippen LogP contribution is 2.48. The minimum atomic E-state index is -0.850. The number of anilines is 1. The molecule has 0 saturated carbocycles. The van der Waals surface area contributed by atoms with Crippen LogP contribution in [0.5, 0.6) is 0 Å². The summed E-state index contributed by atoms with van der Waals surface area (Å²) >= 11 is 6.58. The number of aliphatic carboxylic acids is 2. The highest BCUT2D eigenvalue weighted by molar-refractivity contribution is 8.03. The van der Waals surface area contributed by atoms with Crippen LogP contribution in [0, 0.1) is 5.92 Å². The lowest BCUT2D eigenvalue weighted by molar-refractivity contribution is -0.657. The number of nitrogens with zero attached hydrogens (tertiary/aromatic N) is 2. The quantitative estimate of drug-likeness (QED) is 0.193. The zero-order valence-corrected chi connectivity index (χ0v) is 26.6. The Hall–Kier alpha value is -2.92. The second-order valence-electron chi connectivity index (χ2n) is 10.5. The van der Waals surface area contributed by atoms with Gasteiger partial charge in [-0.25, -0.2) is 4.79 Å². The van der Waals surface area contributed by atoms with E-state index in [1.165, 1.54) is 16.7 Å². The third kappa shape index (κ3) is 6.08. The first-order valence-corrected chi connectivity index (χ1v) is 17.8. The highest BCUT2D eigenvalue weighted by Gasteiger charge is 2.29. The van der Waals surface area contributed by atoms with Gasteiger partial charge in [0.25, 0.3) is 5.01 Å². The fraction of sp³-hybridized carbons (Fsp3) is 0.281. The van der Waals surface area contributed by atoms with Gasteiger partial charge in [-0.1, -0.05) is 35.3 Å². The van der Waals surface area contributed by atoms with Gasteiger partial charge in [0.15, 0.2) is 0 Å². The maximum atomic E-state index is 11.8. The Morgan fingerprint density at radius 2 is 1.76 bits per heavy atom. The number of rotatable bonds is 8. The zero-order valence-electron chi connectivity index (χ0n) is 23.3. The summed E-state index contributed by atoms with van der Waals surface area (Å²) in [5.74, 6) is -1.19. The summed E-state index contributed by atoms with van der Waals surface area (Å²) in [5.41, 5.74) is 5.64. The Bertz CT molecular complexity index is 1720. The molecule has 0 radical (unpaired) electrons. The second-order valence-corrected chi connectivity index (χ2v) is 14.4. The molecule has 1 atom stereocenters. The van der Waals surface area contributed by atoms with Gasteiger partial charge < -0.3 is 15.1 Å². The molecule has 0 spiro atoms. The number of carboxylic acid groups (broad SMARTS) is 2. The van der Waals surface area contributed by atoms with Crippen LogP contribution in [0.1, 0.15) is 30.7 Å². The molecule has 10 heteroatoms. The molecule has 2 aliphatic carbocycles. The Balaban J connectivity index is 1.33. The predicted octanol–water partition coefficient (Wildman–Crippen LogP) is 7.70. The van der Waals surface area contributed by atoms with Crippen LogP contribution in [-0.4, -0.2) is 41.2 Å². The minimum absolute atomic E-state index is 0.0703. The molecule has 0 fully saturated rings. The van der Waals surface area contributed by atoms with E-state index in [9.17, 15) is 19.8 Å². The lowest BCUT2D eigenvalue weighted by atomic mass is 9.77. The summed E-state index contributed by atoms with van der Waals surface area (Å²) in [4.78, 5) is 28.7. The standard InChI is InChI=1S/C32H30N2O4S4/c1-39-23-7-9-27-25(15-23)33(17-31(35)36)29(41-27)13-19-3-5-21-6-4-20(12-22(21)11-19)14-30-34(18-32(37)38)26-16-24(40-2)8-10-28(26)42-30/h7-16,21H,3-6,17-18H2,1-2H3,(H-,35,36,37,38)/p+1. The molecule has 0 amide bonds. The largest absolute Gasteiger partial charge is 0.480 e. The van der Waals surface area contributed by atoms with Crippen molar-refractivity contribution in [2.45, 2.75) is 46.9 Å². The van der Waals surface area contributed by atoms with Crippen LogP contribution < -0.4 is 9.47 Å². The molecule has 2 heterocycles. The molecule has 42 heavy (non-hydrogen) atoms. The number of benzene rings is 2. The number of thioether (sulfide) groups is 3. The molecular formula is C32H31N2O4S4+. The van der Waals surface area contributed by atoms with E-state index < -0.39 is 11.9 Å². The number of aromatic nitrogens is 1. The molecule has 3 aromatic rings. The topological polar surface area (TPSA) is 81.7 Å². The number of carbonyl (C=O) groups is 2. The van der Waals surface area contributed by atoms with Crippen molar-refractivity contribution in [3.05, 3.63) is 81.4 Å². The van der Waals surface area contributed by atoms with Gasteiger partial charge in [-0.05, 0) is 97.2 Å². The van der Waals surface area contributed by atoms with Crippen LogP contribution in [-0.2, 0) is 16.1 Å². The van der Waals surface area contributed by atoms with E-state index in [2.05, 4.69) is 60.7 Å². The van der Waals surface area contributed by atoms with Crippen molar-refractivity contribution < 1.29 is 24.4 Å². The van der Waals surface area contributed by atoms with E-state index in [4.69, 9.17) is 0 Å². The monoisotopic (exact) mass is 635 g/mol. The molecule has 2 aromatic carbocycles. The molecule has 6 rings (SSSR count). The van der Waals surface area contributed by atoms with Crippen LogP contribution in [0.2, 0.25) is 0 Å². The van der Waals surface area contributed by atoms with E-state index >= 15 is 0 Å². The second kappa shape index (κ2) is 12.4. The molecule has 1 aromatic heterocycles. The van der Waals surface area contributed by atoms with Crippen molar-refractivity contribution in [1.82, 2.24) is 0 Å². The molecule has 2 N–H and O–H groups in total. The average Bonchev–Trinajstić information content (AvgIpc) is 3.48. The fourth-order valence-corrected chi connectivity index (χ4v) is 8.89. The number of fused-ring (bicyclic) bond motifs is 3. The number of hydrogen-bond acceptors (Lipinski definition) is 7. The summed E-state index contributed by atoms with van der Waals surface area (Å²) in [7, 11) is 0. The van der Waals surface area contributed by atoms with E-state index in [1.54, 1.807) is 46.6 Å².